The molecule has 1 aromatic carbocycles. The van der Waals surface area contributed by atoms with Crippen LogP contribution in [0.2, 0.25) is 0 Å². The quantitative estimate of drug-likeness (QED) is 0.336. The van der Waals surface area contributed by atoms with E-state index in [1.807, 2.05) is 31.3 Å². The van der Waals surface area contributed by atoms with Crippen molar-refractivity contribution in [3.8, 4) is 11.1 Å². The molecule has 3 fully saturated rings. The molecule has 11 nitrogen and oxygen atoms in total. The minimum absolute atomic E-state index is 0.0909. The predicted molar refractivity (Wildman–Crippen MR) is 145 cm³/mol. The van der Waals surface area contributed by atoms with Crippen molar-refractivity contribution in [3.05, 3.63) is 53.6 Å². The number of nitrogens with zero attached hydrogens (tertiary/aromatic N) is 4. The van der Waals surface area contributed by atoms with E-state index in [1.54, 1.807) is 20.8 Å². The zero-order chi connectivity index (χ0) is 27.3. The van der Waals surface area contributed by atoms with Crippen LogP contribution in [0.15, 0.2) is 42.4 Å². The van der Waals surface area contributed by atoms with Crippen molar-refractivity contribution in [2.24, 2.45) is 17.5 Å². The third kappa shape index (κ3) is 4.45. The van der Waals surface area contributed by atoms with Crippen LogP contribution in [-0.4, -0.2) is 67.1 Å². The van der Waals surface area contributed by atoms with Gasteiger partial charge in [0, 0.05) is 35.0 Å². The van der Waals surface area contributed by atoms with Crippen LogP contribution in [0.1, 0.15) is 61.1 Å². The Bertz CT molecular complexity index is 1450. The molecule has 1 saturated carbocycles. The van der Waals surface area contributed by atoms with Crippen LogP contribution >= 0.6 is 0 Å². The fourth-order valence-electron chi connectivity index (χ4n) is 6.42. The maximum atomic E-state index is 12.9. The van der Waals surface area contributed by atoms with Crippen molar-refractivity contribution in [3.63, 3.8) is 0 Å². The molecule has 6 N–H and O–H groups in total. The lowest BCUT2D eigenvalue weighted by atomic mass is 9.71. The van der Waals surface area contributed by atoms with Gasteiger partial charge < -0.3 is 25.6 Å². The molecule has 2 aromatic heterocycles. The molecule has 1 atom stereocenters. The Hall–Kier alpha value is -3.83. The number of rotatable bonds is 7. The van der Waals surface area contributed by atoms with Crippen LogP contribution in [0.4, 0.5) is 4.79 Å². The van der Waals surface area contributed by atoms with Crippen molar-refractivity contribution >= 4 is 23.0 Å². The zero-order valence-electron chi connectivity index (χ0n) is 22.1. The van der Waals surface area contributed by atoms with Gasteiger partial charge >= 0.3 is 12.1 Å². The lowest BCUT2D eigenvalue weighted by Gasteiger charge is -2.42. The van der Waals surface area contributed by atoms with Crippen molar-refractivity contribution < 1.29 is 19.4 Å². The summed E-state index contributed by atoms with van der Waals surface area (Å²) in [5.41, 5.74) is 9.33. The zero-order valence-corrected chi connectivity index (χ0v) is 22.1. The predicted octanol–water partition coefficient (Wildman–Crippen LogP) is 3.59. The van der Waals surface area contributed by atoms with Gasteiger partial charge in [-0.15, -0.1) is 0 Å². The van der Waals surface area contributed by atoms with E-state index in [-0.39, 0.29) is 17.8 Å². The molecule has 3 aliphatic rings. The van der Waals surface area contributed by atoms with Crippen LogP contribution in [0.5, 0.6) is 0 Å². The number of nitrogens with two attached hydrogens (primary N) is 2. The molecule has 206 valence electrons. The Morgan fingerprint density at radius 3 is 2.92 bits per heavy atom. The first-order valence-corrected chi connectivity index (χ1v) is 13.6. The second-order valence-corrected chi connectivity index (χ2v) is 11.1. The summed E-state index contributed by atoms with van der Waals surface area (Å²) < 4.78 is 7.58. The lowest BCUT2D eigenvalue weighted by molar-refractivity contribution is -0.0439. The molecule has 6 rings (SSSR count). The second-order valence-electron chi connectivity index (χ2n) is 11.1. The highest BCUT2D eigenvalue weighted by atomic mass is 16.6. The van der Waals surface area contributed by atoms with E-state index in [0.29, 0.717) is 42.2 Å². The number of hydrogen-bond donors (Lipinski definition) is 4. The molecule has 0 bridgehead atoms. The first kappa shape index (κ1) is 25.4. The van der Waals surface area contributed by atoms with Gasteiger partial charge in [0.05, 0.1) is 30.8 Å². The van der Waals surface area contributed by atoms with E-state index in [0.717, 1.165) is 55.3 Å². The number of hydrogen-bond acceptors (Lipinski definition) is 7. The fourth-order valence-corrected chi connectivity index (χ4v) is 6.42. The lowest BCUT2D eigenvalue weighted by Crippen LogP contribution is -2.49. The summed E-state index contributed by atoms with van der Waals surface area (Å²) in [4.78, 5) is 30.1. The molecule has 1 amide bonds. The third-order valence-electron chi connectivity index (χ3n) is 8.54. The number of aromatic amines is 1. The van der Waals surface area contributed by atoms with Gasteiger partial charge in [-0.05, 0) is 63.1 Å². The van der Waals surface area contributed by atoms with Gasteiger partial charge in [-0.1, -0.05) is 18.2 Å². The molecular formula is C28H35N7O4. The molecule has 2 saturated heterocycles. The number of carboxylic acids is 1. The van der Waals surface area contributed by atoms with Crippen LogP contribution in [0.25, 0.3) is 22.0 Å². The van der Waals surface area contributed by atoms with Crippen LogP contribution < -0.4 is 11.6 Å². The minimum Gasteiger partial charge on any atom is -0.477 e. The number of hydrazine groups is 1. The number of H-pyrrole nitrogens is 1. The van der Waals surface area contributed by atoms with Gasteiger partial charge in [0.2, 0.25) is 0 Å². The van der Waals surface area contributed by atoms with Gasteiger partial charge in [0.1, 0.15) is 11.3 Å². The Morgan fingerprint density at radius 2 is 2.18 bits per heavy atom. The van der Waals surface area contributed by atoms with Crippen molar-refractivity contribution in [2.75, 3.05) is 19.6 Å². The van der Waals surface area contributed by atoms with Gasteiger partial charge in [-0.3, -0.25) is 9.58 Å². The molecule has 39 heavy (non-hydrogen) atoms. The number of nitrogens with one attached hydrogen (secondary N) is 1. The number of fused-ring (bicyclic) bond motifs is 1. The van der Waals surface area contributed by atoms with Gasteiger partial charge in [-0.25, -0.2) is 15.4 Å². The highest BCUT2D eigenvalue weighted by Crippen LogP contribution is 2.47. The Labute approximate surface area is 226 Å². The average Bonchev–Trinajstić information content (AvgIpc) is 3.61. The normalized spacial score (nSPS) is 24.9. The largest absolute Gasteiger partial charge is 0.477 e. The van der Waals surface area contributed by atoms with Gasteiger partial charge in [-0.2, -0.15) is 5.10 Å². The number of ether oxygens (including phenoxy) is 1. The molecule has 11 heteroatoms. The number of aromatic nitrogens is 3. The van der Waals surface area contributed by atoms with Gasteiger partial charge in [0.25, 0.3) is 0 Å². The number of carbonyl (C=O) groups is 2. The van der Waals surface area contributed by atoms with Gasteiger partial charge in [0.15, 0.2) is 0 Å². The smallest absolute Gasteiger partial charge is 0.411 e. The monoisotopic (exact) mass is 533 g/mol. The first-order chi connectivity index (χ1) is 18.8. The molecular weight excluding hydrogens is 498 g/mol. The highest BCUT2D eigenvalue weighted by molar-refractivity contribution is 6.08. The SMILES string of the molecule is C[C@@H](c1cccc2c(-c3cnn(C/C=C4\CCCCN4N)c3)c(C(=O)O)[nH]c12)N1CC2(CC(CN)C2)OC1=O. The summed E-state index contributed by atoms with van der Waals surface area (Å²) >= 11 is 0. The number of allylic oxidation sites excluding steroid dienone is 2. The number of carboxylic acid groups (broad SMARTS) is 1. The number of carbonyl (C=O) groups excluding carboxylic acids is 1. The summed E-state index contributed by atoms with van der Waals surface area (Å²) in [6, 6.07) is 5.42. The number of aromatic carboxylic acids is 1. The van der Waals surface area contributed by atoms with Crippen LogP contribution in [-0.2, 0) is 11.3 Å². The highest BCUT2D eigenvalue weighted by Gasteiger charge is 2.54. The van der Waals surface area contributed by atoms with E-state index < -0.39 is 11.6 Å². The summed E-state index contributed by atoms with van der Waals surface area (Å²) in [6.45, 7) is 4.43. The van der Waals surface area contributed by atoms with E-state index in [2.05, 4.69) is 16.2 Å². The Balaban J connectivity index is 1.31. The molecule has 0 unspecified atom stereocenters. The standard InChI is InChI=1S/C28H35N7O4/c1-17(34-16-28(39-27(34)38)11-18(12-28)13-29)21-6-4-7-22-23(25(26(36)37)32-24(21)22)19-14-31-33(15-19)10-8-20-5-2-3-9-35(20)30/h4,6-8,14-15,17-18,32H,2-3,5,9-13,16,29-30H2,1H3,(H,36,37)/b20-8+/t17-,18?,28?/m0/s1. The fraction of sp³-hybridized carbons (Fsp3) is 0.464. The van der Waals surface area contributed by atoms with Crippen molar-refractivity contribution in [1.29, 1.82) is 0 Å². The number of amides is 1. The summed E-state index contributed by atoms with van der Waals surface area (Å²) in [5, 5.41) is 17.1. The molecule has 0 radical (unpaired) electrons. The van der Waals surface area contributed by atoms with Crippen molar-refractivity contribution in [1.82, 2.24) is 24.7 Å². The molecule has 3 aromatic rings. The maximum Gasteiger partial charge on any atom is 0.411 e. The first-order valence-electron chi connectivity index (χ1n) is 13.6. The molecule has 1 aliphatic carbocycles. The number of benzene rings is 1. The number of piperidine rings is 1. The van der Waals surface area contributed by atoms with E-state index in [1.165, 1.54) is 0 Å². The Morgan fingerprint density at radius 1 is 1.36 bits per heavy atom. The maximum absolute atomic E-state index is 12.9. The topological polar surface area (TPSA) is 156 Å². The van der Waals surface area contributed by atoms with E-state index in [9.17, 15) is 14.7 Å². The summed E-state index contributed by atoms with van der Waals surface area (Å²) in [5.74, 6) is 5.43. The summed E-state index contributed by atoms with van der Waals surface area (Å²) in [6.07, 6.45) is 9.99. The molecule has 4 heterocycles. The average molecular weight is 534 g/mol. The summed E-state index contributed by atoms with van der Waals surface area (Å²) in [7, 11) is 0. The Kier molecular flexibility index (Phi) is 6.35. The second kappa shape index (κ2) is 9.73. The number of para-hydroxylation sites is 1. The van der Waals surface area contributed by atoms with Crippen molar-refractivity contribution in [2.45, 2.75) is 57.2 Å². The molecule has 1 spiro atoms. The van der Waals surface area contributed by atoms with E-state index in [4.69, 9.17) is 16.3 Å². The van der Waals surface area contributed by atoms with Crippen LogP contribution in [0.3, 0.4) is 0 Å². The third-order valence-corrected chi connectivity index (χ3v) is 8.54. The minimum atomic E-state index is -1.06. The van der Waals surface area contributed by atoms with Crippen LogP contribution in [0, 0.1) is 5.92 Å². The van der Waals surface area contributed by atoms with E-state index >= 15 is 0 Å². The molecule has 2 aliphatic heterocycles.